The van der Waals surface area contributed by atoms with E-state index in [0.29, 0.717) is 5.41 Å². The van der Waals surface area contributed by atoms with Crippen molar-refractivity contribution < 1.29 is 0 Å². The molecule has 98 valence electrons. The summed E-state index contributed by atoms with van der Waals surface area (Å²) in [5, 5.41) is 12.6. The zero-order valence-electron chi connectivity index (χ0n) is 12.2. The number of benzene rings is 1. The summed E-state index contributed by atoms with van der Waals surface area (Å²) < 4.78 is 0. The molecule has 18 heavy (non-hydrogen) atoms. The van der Waals surface area contributed by atoms with E-state index in [2.05, 4.69) is 46.0 Å². The zero-order chi connectivity index (χ0) is 13.8. The lowest BCUT2D eigenvalue weighted by Gasteiger charge is -2.33. The van der Waals surface area contributed by atoms with Crippen LogP contribution in [0.15, 0.2) is 24.3 Å². The minimum atomic E-state index is 0.0703. The van der Waals surface area contributed by atoms with Crippen LogP contribution in [0.2, 0.25) is 0 Å². The number of hydrogen-bond acceptors (Lipinski definition) is 2. The third kappa shape index (κ3) is 4.89. The third-order valence-electron chi connectivity index (χ3n) is 2.87. The lowest BCUT2D eigenvalue weighted by atomic mass is 9.81. The molecule has 2 nitrogen and oxygen atoms in total. The Kier molecular flexibility index (Phi) is 4.53. The van der Waals surface area contributed by atoms with Gasteiger partial charge >= 0.3 is 0 Å². The first kappa shape index (κ1) is 14.7. The van der Waals surface area contributed by atoms with Crippen molar-refractivity contribution >= 4 is 0 Å². The minimum absolute atomic E-state index is 0.0703. The number of nitrogens with one attached hydrogen (secondary N) is 1. The summed E-state index contributed by atoms with van der Waals surface area (Å²) in [6, 6.07) is 10.0. The Balaban J connectivity index is 2.68. The van der Waals surface area contributed by atoms with Gasteiger partial charge < -0.3 is 5.32 Å². The van der Waals surface area contributed by atoms with Crippen LogP contribution in [0, 0.1) is 16.7 Å². The minimum Gasteiger partial charge on any atom is -0.308 e. The van der Waals surface area contributed by atoms with Crippen LogP contribution in [0.25, 0.3) is 0 Å². The molecule has 0 aromatic heterocycles. The molecule has 0 aliphatic rings. The average Bonchev–Trinajstić information content (AvgIpc) is 2.23. The maximum absolute atomic E-state index is 9.06. The van der Waals surface area contributed by atoms with Gasteiger partial charge in [-0.3, -0.25) is 0 Å². The summed E-state index contributed by atoms with van der Waals surface area (Å²) in [5.41, 5.74) is 2.20. The fraction of sp³-hybridized carbons (Fsp3) is 0.562. The predicted molar refractivity (Wildman–Crippen MR) is 76.1 cm³/mol. The standard InChI is InChI=1S/C16H24N2/c1-15(2,3)12-16(4,5)18-11-14-9-7-6-8-13(14)10-17/h6-9,18H,11-12H2,1-5H3. The summed E-state index contributed by atoms with van der Waals surface area (Å²) >= 11 is 0. The highest BCUT2D eigenvalue weighted by atomic mass is 15.0. The highest BCUT2D eigenvalue weighted by Crippen LogP contribution is 2.27. The van der Waals surface area contributed by atoms with E-state index in [1.165, 1.54) is 0 Å². The molecule has 0 aliphatic heterocycles. The smallest absolute Gasteiger partial charge is 0.0995 e. The van der Waals surface area contributed by atoms with Crippen molar-refractivity contribution in [3.05, 3.63) is 35.4 Å². The maximum atomic E-state index is 9.06. The Bertz CT molecular complexity index is 433. The molecule has 0 heterocycles. The maximum Gasteiger partial charge on any atom is 0.0995 e. The molecule has 0 saturated heterocycles. The Morgan fingerprint density at radius 1 is 1.11 bits per heavy atom. The van der Waals surface area contributed by atoms with Crippen molar-refractivity contribution in [2.24, 2.45) is 5.41 Å². The first-order valence-electron chi connectivity index (χ1n) is 6.47. The van der Waals surface area contributed by atoms with Gasteiger partial charge in [0.2, 0.25) is 0 Å². The zero-order valence-corrected chi connectivity index (χ0v) is 12.2. The van der Waals surface area contributed by atoms with Gasteiger partial charge in [-0.1, -0.05) is 39.0 Å². The van der Waals surface area contributed by atoms with Gasteiger partial charge in [-0.25, -0.2) is 0 Å². The van der Waals surface area contributed by atoms with E-state index in [4.69, 9.17) is 5.26 Å². The van der Waals surface area contributed by atoms with Crippen LogP contribution < -0.4 is 5.32 Å². The predicted octanol–water partition coefficient (Wildman–Crippen LogP) is 3.86. The lowest BCUT2D eigenvalue weighted by molar-refractivity contribution is 0.240. The van der Waals surface area contributed by atoms with Crippen molar-refractivity contribution in [3.63, 3.8) is 0 Å². The molecule has 1 N–H and O–H groups in total. The second kappa shape index (κ2) is 5.54. The van der Waals surface area contributed by atoms with Crippen LogP contribution in [-0.4, -0.2) is 5.54 Å². The van der Waals surface area contributed by atoms with Crippen LogP contribution in [0.3, 0.4) is 0 Å². The van der Waals surface area contributed by atoms with Crippen molar-refractivity contribution in [1.82, 2.24) is 5.32 Å². The summed E-state index contributed by atoms with van der Waals surface area (Å²) in [6.45, 7) is 11.9. The number of nitrogens with zero attached hydrogens (tertiary/aromatic N) is 1. The molecule has 0 spiro atoms. The first-order valence-corrected chi connectivity index (χ1v) is 6.47. The summed E-state index contributed by atoms with van der Waals surface area (Å²) in [5.74, 6) is 0. The molecule has 1 aromatic rings. The van der Waals surface area contributed by atoms with E-state index in [0.717, 1.165) is 24.1 Å². The molecule has 0 aliphatic carbocycles. The number of rotatable bonds is 4. The van der Waals surface area contributed by atoms with E-state index >= 15 is 0 Å². The van der Waals surface area contributed by atoms with Gasteiger partial charge in [0.25, 0.3) is 0 Å². The molecule has 0 radical (unpaired) electrons. The van der Waals surface area contributed by atoms with Gasteiger partial charge in [0.15, 0.2) is 0 Å². The Labute approximate surface area is 111 Å². The van der Waals surface area contributed by atoms with E-state index in [1.54, 1.807) is 0 Å². The Morgan fingerprint density at radius 3 is 2.28 bits per heavy atom. The van der Waals surface area contributed by atoms with E-state index < -0.39 is 0 Å². The SMILES string of the molecule is CC(C)(C)CC(C)(C)NCc1ccccc1C#N. The molecule has 0 saturated carbocycles. The van der Waals surface area contributed by atoms with Crippen molar-refractivity contribution in [1.29, 1.82) is 5.26 Å². The van der Waals surface area contributed by atoms with Crippen molar-refractivity contribution in [2.45, 2.75) is 53.1 Å². The monoisotopic (exact) mass is 244 g/mol. The van der Waals surface area contributed by atoms with Crippen LogP contribution in [0.5, 0.6) is 0 Å². The van der Waals surface area contributed by atoms with E-state index in [-0.39, 0.29) is 5.54 Å². The van der Waals surface area contributed by atoms with Crippen molar-refractivity contribution in [3.8, 4) is 6.07 Å². The second-order valence-corrected chi connectivity index (χ2v) is 6.74. The Hall–Kier alpha value is -1.33. The first-order chi connectivity index (χ1) is 8.23. The summed E-state index contributed by atoms with van der Waals surface area (Å²) in [7, 11) is 0. The Morgan fingerprint density at radius 2 is 1.72 bits per heavy atom. The van der Waals surface area contributed by atoms with Gasteiger partial charge in [0, 0.05) is 12.1 Å². The molecule has 0 atom stereocenters. The van der Waals surface area contributed by atoms with Gasteiger partial charge in [-0.05, 0) is 37.3 Å². The number of nitriles is 1. The molecule has 0 unspecified atom stereocenters. The summed E-state index contributed by atoms with van der Waals surface area (Å²) in [4.78, 5) is 0. The van der Waals surface area contributed by atoms with Crippen LogP contribution in [0.4, 0.5) is 0 Å². The highest BCUT2D eigenvalue weighted by molar-refractivity contribution is 5.37. The fourth-order valence-corrected chi connectivity index (χ4v) is 2.51. The van der Waals surface area contributed by atoms with Gasteiger partial charge in [-0.15, -0.1) is 0 Å². The fourth-order valence-electron chi connectivity index (χ4n) is 2.51. The molecule has 0 bridgehead atoms. The lowest BCUT2D eigenvalue weighted by Crippen LogP contribution is -2.41. The summed E-state index contributed by atoms with van der Waals surface area (Å²) in [6.07, 6.45) is 1.09. The van der Waals surface area contributed by atoms with Crippen LogP contribution in [-0.2, 0) is 6.54 Å². The second-order valence-electron chi connectivity index (χ2n) is 6.74. The average molecular weight is 244 g/mol. The molecule has 0 amide bonds. The number of hydrogen-bond donors (Lipinski definition) is 1. The van der Waals surface area contributed by atoms with Gasteiger partial charge in [-0.2, -0.15) is 5.26 Å². The molecular weight excluding hydrogens is 220 g/mol. The van der Waals surface area contributed by atoms with Crippen LogP contribution in [0.1, 0.15) is 52.2 Å². The third-order valence-corrected chi connectivity index (χ3v) is 2.87. The molecule has 0 fully saturated rings. The molecular formula is C16H24N2. The van der Waals surface area contributed by atoms with E-state index in [9.17, 15) is 0 Å². The van der Waals surface area contributed by atoms with Gasteiger partial charge in [0.05, 0.1) is 11.6 Å². The molecule has 2 heteroatoms. The van der Waals surface area contributed by atoms with E-state index in [1.807, 2.05) is 24.3 Å². The molecule has 1 rings (SSSR count). The normalized spacial score (nSPS) is 12.2. The quantitative estimate of drug-likeness (QED) is 0.873. The topological polar surface area (TPSA) is 35.8 Å². The van der Waals surface area contributed by atoms with Crippen LogP contribution >= 0.6 is 0 Å². The molecule has 1 aromatic carbocycles. The highest BCUT2D eigenvalue weighted by Gasteiger charge is 2.24. The largest absolute Gasteiger partial charge is 0.308 e. The van der Waals surface area contributed by atoms with Gasteiger partial charge in [0.1, 0.15) is 0 Å². The van der Waals surface area contributed by atoms with Crippen molar-refractivity contribution in [2.75, 3.05) is 0 Å².